The molecule has 2 N–H and O–H groups in total. The molecule has 26 heavy (non-hydrogen) atoms. The van der Waals surface area contributed by atoms with Gasteiger partial charge in [-0.05, 0) is 18.2 Å². The standard InChI is InChI=1S/C18H19N5O2Si/c1-26(2,3)8-7-13-5-4-6-14(9-13)23-18-15(10-22-23)17(20-12-21-18)19-11-16(24)25/h4-6,9-10,12H,11H2,1-3H3,(H,24,25)(H,19,20,21). The highest BCUT2D eigenvalue weighted by molar-refractivity contribution is 6.83. The van der Waals surface area contributed by atoms with Crippen LogP contribution in [0.1, 0.15) is 5.56 Å². The van der Waals surface area contributed by atoms with Gasteiger partial charge in [-0.2, -0.15) is 5.10 Å². The maximum Gasteiger partial charge on any atom is 0.322 e. The minimum absolute atomic E-state index is 0.223. The van der Waals surface area contributed by atoms with Crippen molar-refractivity contribution in [2.75, 3.05) is 11.9 Å². The van der Waals surface area contributed by atoms with E-state index >= 15 is 0 Å². The van der Waals surface area contributed by atoms with Crippen molar-refractivity contribution >= 4 is 30.9 Å². The molecule has 0 saturated heterocycles. The Morgan fingerprint density at radius 1 is 1.31 bits per heavy atom. The van der Waals surface area contributed by atoms with E-state index in [0.29, 0.717) is 16.9 Å². The second kappa shape index (κ2) is 6.97. The summed E-state index contributed by atoms with van der Waals surface area (Å²) >= 11 is 0. The molecule has 2 aromatic heterocycles. The highest BCUT2D eigenvalue weighted by atomic mass is 28.3. The molecule has 0 saturated carbocycles. The third kappa shape index (κ3) is 4.07. The van der Waals surface area contributed by atoms with Gasteiger partial charge in [0.25, 0.3) is 0 Å². The highest BCUT2D eigenvalue weighted by Crippen LogP contribution is 2.21. The molecule has 0 spiro atoms. The zero-order valence-electron chi connectivity index (χ0n) is 14.8. The van der Waals surface area contributed by atoms with Gasteiger partial charge in [0.05, 0.1) is 17.3 Å². The lowest BCUT2D eigenvalue weighted by Crippen LogP contribution is -2.16. The number of aromatic nitrogens is 4. The third-order valence-corrected chi connectivity index (χ3v) is 4.32. The Bertz CT molecular complexity index is 1030. The summed E-state index contributed by atoms with van der Waals surface area (Å²) in [6.07, 6.45) is 3.01. The smallest absolute Gasteiger partial charge is 0.322 e. The molecule has 0 aliphatic rings. The van der Waals surface area contributed by atoms with Crippen molar-refractivity contribution in [3.05, 3.63) is 42.4 Å². The van der Waals surface area contributed by atoms with E-state index in [1.165, 1.54) is 6.33 Å². The fourth-order valence-corrected chi connectivity index (χ4v) is 2.83. The molecule has 0 aliphatic heterocycles. The van der Waals surface area contributed by atoms with E-state index in [9.17, 15) is 4.79 Å². The predicted octanol–water partition coefficient (Wildman–Crippen LogP) is 2.54. The van der Waals surface area contributed by atoms with Gasteiger partial charge in [-0.1, -0.05) is 31.6 Å². The summed E-state index contributed by atoms with van der Waals surface area (Å²) in [6.45, 7) is 6.38. The van der Waals surface area contributed by atoms with Crippen LogP contribution in [0.15, 0.2) is 36.8 Å². The number of fused-ring (bicyclic) bond motifs is 1. The van der Waals surface area contributed by atoms with Crippen LogP contribution in [0.3, 0.4) is 0 Å². The Morgan fingerprint density at radius 2 is 2.12 bits per heavy atom. The lowest BCUT2D eigenvalue weighted by Gasteiger charge is -2.06. The number of anilines is 1. The van der Waals surface area contributed by atoms with E-state index in [4.69, 9.17) is 5.11 Å². The topological polar surface area (TPSA) is 92.9 Å². The molecular formula is C18H19N5O2Si. The summed E-state index contributed by atoms with van der Waals surface area (Å²) < 4.78 is 1.70. The van der Waals surface area contributed by atoms with Crippen LogP contribution in [0.4, 0.5) is 5.82 Å². The van der Waals surface area contributed by atoms with Crippen LogP contribution in [0.5, 0.6) is 0 Å². The Balaban J connectivity index is 2.00. The van der Waals surface area contributed by atoms with E-state index in [1.54, 1.807) is 10.9 Å². The number of carboxylic acids is 1. The van der Waals surface area contributed by atoms with Gasteiger partial charge in [0.1, 0.15) is 26.8 Å². The lowest BCUT2D eigenvalue weighted by atomic mass is 10.2. The van der Waals surface area contributed by atoms with Crippen LogP contribution in [0.2, 0.25) is 19.6 Å². The van der Waals surface area contributed by atoms with Crippen molar-refractivity contribution in [1.82, 2.24) is 19.7 Å². The second-order valence-corrected chi connectivity index (χ2v) is 11.6. The van der Waals surface area contributed by atoms with Crippen LogP contribution >= 0.6 is 0 Å². The summed E-state index contributed by atoms with van der Waals surface area (Å²) in [6, 6.07) is 7.80. The third-order valence-electron chi connectivity index (χ3n) is 3.45. The summed E-state index contributed by atoms with van der Waals surface area (Å²) in [5, 5.41) is 16.7. The Morgan fingerprint density at radius 3 is 2.85 bits per heavy atom. The fourth-order valence-electron chi connectivity index (χ4n) is 2.31. The average molecular weight is 365 g/mol. The zero-order chi connectivity index (χ0) is 18.7. The zero-order valence-corrected chi connectivity index (χ0v) is 15.8. The van der Waals surface area contributed by atoms with E-state index in [2.05, 4.69) is 51.5 Å². The molecule has 7 nitrogen and oxygen atoms in total. The molecule has 0 fully saturated rings. The SMILES string of the molecule is C[Si](C)(C)C#Cc1cccc(-n2ncc3c(NCC(=O)O)ncnc32)c1. The predicted molar refractivity (Wildman–Crippen MR) is 103 cm³/mol. The van der Waals surface area contributed by atoms with Crippen LogP contribution in [-0.2, 0) is 4.79 Å². The second-order valence-electron chi connectivity index (χ2n) is 6.81. The van der Waals surface area contributed by atoms with Crippen LogP contribution in [0, 0.1) is 11.5 Å². The molecule has 1 aromatic carbocycles. The lowest BCUT2D eigenvalue weighted by molar-refractivity contribution is -0.134. The van der Waals surface area contributed by atoms with Crippen LogP contribution < -0.4 is 5.32 Å². The van der Waals surface area contributed by atoms with Crippen molar-refractivity contribution < 1.29 is 9.90 Å². The van der Waals surface area contributed by atoms with Gasteiger partial charge in [0.2, 0.25) is 0 Å². The maximum atomic E-state index is 10.8. The van der Waals surface area contributed by atoms with Gasteiger partial charge < -0.3 is 10.4 Å². The number of aliphatic carboxylic acids is 1. The van der Waals surface area contributed by atoms with Gasteiger partial charge in [0.15, 0.2) is 5.65 Å². The Kier molecular flexibility index (Phi) is 4.73. The quantitative estimate of drug-likeness (QED) is 0.545. The van der Waals surface area contributed by atoms with Gasteiger partial charge in [-0.3, -0.25) is 4.79 Å². The molecule has 0 bridgehead atoms. The first kappa shape index (κ1) is 17.6. The maximum absolute atomic E-state index is 10.8. The molecule has 8 heteroatoms. The van der Waals surface area contributed by atoms with Crippen molar-refractivity contribution in [3.8, 4) is 17.2 Å². The first-order valence-corrected chi connectivity index (χ1v) is 11.6. The van der Waals surface area contributed by atoms with E-state index in [-0.39, 0.29) is 6.54 Å². The number of carboxylic acid groups (broad SMARTS) is 1. The minimum Gasteiger partial charge on any atom is -0.480 e. The summed E-state index contributed by atoms with van der Waals surface area (Å²) in [4.78, 5) is 19.2. The monoisotopic (exact) mass is 365 g/mol. The van der Waals surface area contributed by atoms with E-state index in [0.717, 1.165) is 11.3 Å². The Labute approximate surface area is 152 Å². The first-order valence-electron chi connectivity index (χ1n) is 8.11. The Hall–Kier alpha value is -3.18. The molecule has 0 unspecified atom stereocenters. The van der Waals surface area contributed by atoms with Gasteiger partial charge in [-0.15, -0.1) is 5.54 Å². The van der Waals surface area contributed by atoms with Crippen LogP contribution in [0.25, 0.3) is 16.7 Å². The van der Waals surface area contributed by atoms with Crippen LogP contribution in [-0.4, -0.2) is 45.4 Å². The number of hydrogen-bond acceptors (Lipinski definition) is 5. The first-order chi connectivity index (χ1) is 12.3. The molecule has 132 valence electrons. The fraction of sp³-hybridized carbons (Fsp3) is 0.222. The normalized spacial score (nSPS) is 11.0. The number of hydrogen-bond donors (Lipinski definition) is 2. The number of rotatable bonds is 4. The molecule has 0 amide bonds. The molecule has 3 rings (SSSR count). The van der Waals surface area contributed by atoms with E-state index < -0.39 is 14.0 Å². The number of carbonyl (C=O) groups is 1. The van der Waals surface area contributed by atoms with E-state index in [1.807, 2.05) is 24.3 Å². The number of nitrogens with zero attached hydrogens (tertiary/aromatic N) is 4. The van der Waals surface area contributed by atoms with Gasteiger partial charge in [0, 0.05) is 5.56 Å². The van der Waals surface area contributed by atoms with Gasteiger partial charge in [-0.25, -0.2) is 14.6 Å². The van der Waals surface area contributed by atoms with Crippen molar-refractivity contribution in [2.45, 2.75) is 19.6 Å². The highest BCUT2D eigenvalue weighted by Gasteiger charge is 2.12. The molecule has 3 aromatic rings. The van der Waals surface area contributed by atoms with Gasteiger partial charge >= 0.3 is 5.97 Å². The number of nitrogens with one attached hydrogen (secondary N) is 1. The van der Waals surface area contributed by atoms with Crippen molar-refractivity contribution in [2.24, 2.45) is 0 Å². The van der Waals surface area contributed by atoms with Crippen molar-refractivity contribution in [1.29, 1.82) is 0 Å². The summed E-state index contributed by atoms with van der Waals surface area (Å²) in [5.41, 5.74) is 5.71. The molecule has 0 radical (unpaired) electrons. The molecule has 0 aliphatic carbocycles. The summed E-state index contributed by atoms with van der Waals surface area (Å²) in [5.74, 6) is 2.72. The average Bonchev–Trinajstić information content (AvgIpc) is 3.02. The summed E-state index contributed by atoms with van der Waals surface area (Å²) in [7, 11) is -1.45. The number of benzene rings is 1. The molecular weight excluding hydrogens is 346 g/mol. The minimum atomic E-state index is -1.45. The molecule has 0 atom stereocenters. The van der Waals surface area contributed by atoms with Crippen molar-refractivity contribution in [3.63, 3.8) is 0 Å². The molecule has 2 heterocycles. The largest absolute Gasteiger partial charge is 0.480 e.